The number of hydrogen-bond donors (Lipinski definition) is 1. The zero-order valence-corrected chi connectivity index (χ0v) is 7.88. The molecule has 5 unspecified atom stereocenters. The van der Waals surface area contributed by atoms with Gasteiger partial charge in [0.25, 0.3) is 0 Å². The smallest absolute Gasteiger partial charge is 0.337 e. The molecule has 3 aliphatic heterocycles. The average molecular weight is 210 g/mol. The first kappa shape index (κ1) is 8.13. The third-order valence-corrected chi connectivity index (χ3v) is 3.94. The van der Waals surface area contributed by atoms with Gasteiger partial charge in [0.15, 0.2) is 0 Å². The van der Waals surface area contributed by atoms with Crippen molar-refractivity contribution >= 4 is 5.97 Å². The highest BCUT2D eigenvalue weighted by Crippen LogP contribution is 2.56. The molecule has 1 aliphatic carbocycles. The summed E-state index contributed by atoms with van der Waals surface area (Å²) in [5, 5.41) is 10.3. The first-order chi connectivity index (χ1) is 7.19. The van der Waals surface area contributed by atoms with Crippen LogP contribution >= 0.6 is 0 Å². The van der Waals surface area contributed by atoms with Crippen LogP contribution in [0.3, 0.4) is 0 Å². The van der Waals surface area contributed by atoms with E-state index in [2.05, 4.69) is 0 Å². The Kier molecular flexibility index (Phi) is 1.19. The Morgan fingerprint density at radius 1 is 1.53 bits per heavy atom. The van der Waals surface area contributed by atoms with Crippen LogP contribution in [0.5, 0.6) is 0 Å². The fourth-order valence-electron chi connectivity index (χ4n) is 3.33. The zero-order valence-electron chi connectivity index (χ0n) is 7.88. The van der Waals surface area contributed by atoms with Gasteiger partial charge >= 0.3 is 5.97 Å². The Balaban J connectivity index is 1.88. The lowest BCUT2D eigenvalue weighted by molar-refractivity contribution is -0.140. The summed E-state index contributed by atoms with van der Waals surface area (Å²) in [5.74, 6) is -0.491. The molecular weight excluding hydrogens is 200 g/mol. The van der Waals surface area contributed by atoms with Gasteiger partial charge in [0.1, 0.15) is 11.7 Å². The Morgan fingerprint density at radius 2 is 2.40 bits per heavy atom. The number of ether oxygens (including phenoxy) is 3. The SMILES string of the molecule is O=C1OC2CC3(O)COC4OC=C1C2C43. The van der Waals surface area contributed by atoms with E-state index in [9.17, 15) is 9.90 Å². The van der Waals surface area contributed by atoms with Gasteiger partial charge in [-0.2, -0.15) is 0 Å². The number of carbonyl (C=O) groups excluding carboxylic acids is 1. The van der Waals surface area contributed by atoms with Gasteiger partial charge in [0.05, 0.1) is 24.4 Å². The summed E-state index contributed by atoms with van der Waals surface area (Å²) in [6.45, 7) is 0.272. The van der Waals surface area contributed by atoms with Crippen LogP contribution in [0.15, 0.2) is 11.8 Å². The minimum absolute atomic E-state index is 0.0382. The molecule has 0 amide bonds. The predicted molar refractivity (Wildman–Crippen MR) is 45.3 cm³/mol. The second-order valence-corrected chi connectivity index (χ2v) is 4.69. The molecule has 0 aromatic carbocycles. The molecule has 0 bridgehead atoms. The van der Waals surface area contributed by atoms with Crippen molar-refractivity contribution in [3.8, 4) is 0 Å². The highest BCUT2D eigenvalue weighted by atomic mass is 16.7. The van der Waals surface area contributed by atoms with Crippen LogP contribution in [0, 0.1) is 11.8 Å². The van der Waals surface area contributed by atoms with Crippen LogP contribution in [0.1, 0.15) is 6.42 Å². The van der Waals surface area contributed by atoms with Gasteiger partial charge in [-0.1, -0.05) is 0 Å². The predicted octanol–water partition coefficient (Wildman–Crippen LogP) is -0.451. The summed E-state index contributed by atoms with van der Waals surface area (Å²) < 4.78 is 15.9. The minimum Gasteiger partial charge on any atom is -0.472 e. The molecule has 5 nitrogen and oxygen atoms in total. The maximum absolute atomic E-state index is 11.4. The quantitative estimate of drug-likeness (QED) is 0.548. The van der Waals surface area contributed by atoms with Crippen molar-refractivity contribution in [3.05, 3.63) is 11.8 Å². The van der Waals surface area contributed by atoms with Crippen LogP contribution < -0.4 is 0 Å². The number of hydrogen-bond acceptors (Lipinski definition) is 5. The number of aliphatic hydroxyl groups is 1. The zero-order chi connectivity index (χ0) is 10.2. The molecule has 0 aromatic heterocycles. The lowest BCUT2D eigenvalue weighted by atomic mass is 9.83. The lowest BCUT2D eigenvalue weighted by Gasteiger charge is -2.28. The van der Waals surface area contributed by atoms with Crippen LogP contribution in [-0.4, -0.2) is 35.7 Å². The summed E-state index contributed by atoms with van der Waals surface area (Å²) in [5.41, 5.74) is -0.317. The minimum atomic E-state index is -0.875. The molecule has 4 aliphatic rings. The molecule has 0 aromatic rings. The van der Waals surface area contributed by atoms with E-state index in [4.69, 9.17) is 14.2 Å². The van der Waals surface area contributed by atoms with Gasteiger partial charge in [0.2, 0.25) is 6.29 Å². The molecule has 3 heterocycles. The van der Waals surface area contributed by atoms with Gasteiger partial charge in [0, 0.05) is 12.3 Å². The van der Waals surface area contributed by atoms with Crippen molar-refractivity contribution in [1.29, 1.82) is 0 Å². The standard InChI is InChI=1S/C10H10O5/c11-8-4-2-13-9-7-6(4)5(15-8)1-10(7,12)3-14-9/h2,5-7,9,12H,1,3H2. The molecule has 80 valence electrons. The maximum atomic E-state index is 11.4. The fraction of sp³-hybridized carbons (Fsp3) is 0.700. The van der Waals surface area contributed by atoms with Crippen LogP contribution in [-0.2, 0) is 19.0 Å². The second-order valence-electron chi connectivity index (χ2n) is 4.69. The summed E-state index contributed by atoms with van der Waals surface area (Å²) in [4.78, 5) is 11.4. The van der Waals surface area contributed by atoms with E-state index in [1.807, 2.05) is 0 Å². The van der Waals surface area contributed by atoms with Crippen LogP contribution in [0.25, 0.3) is 0 Å². The van der Waals surface area contributed by atoms with E-state index in [-0.39, 0.29) is 30.5 Å². The van der Waals surface area contributed by atoms with Crippen molar-refractivity contribution in [2.45, 2.75) is 24.4 Å². The summed E-state index contributed by atoms with van der Waals surface area (Å²) in [6, 6.07) is 0. The second kappa shape index (κ2) is 2.20. The highest BCUT2D eigenvalue weighted by molar-refractivity contribution is 5.91. The van der Waals surface area contributed by atoms with Gasteiger partial charge in [-0.3, -0.25) is 0 Å². The highest BCUT2D eigenvalue weighted by Gasteiger charge is 2.67. The Morgan fingerprint density at radius 3 is 3.27 bits per heavy atom. The first-order valence-corrected chi connectivity index (χ1v) is 5.09. The molecule has 2 saturated heterocycles. The topological polar surface area (TPSA) is 65.0 Å². The van der Waals surface area contributed by atoms with E-state index >= 15 is 0 Å². The fourth-order valence-corrected chi connectivity index (χ4v) is 3.33. The summed E-state index contributed by atoms with van der Waals surface area (Å²) in [6.07, 6.45) is 1.30. The van der Waals surface area contributed by atoms with E-state index in [1.165, 1.54) is 6.26 Å². The van der Waals surface area contributed by atoms with Crippen molar-refractivity contribution in [1.82, 2.24) is 0 Å². The Hall–Kier alpha value is -1.07. The van der Waals surface area contributed by atoms with Crippen molar-refractivity contribution in [2.24, 2.45) is 11.8 Å². The van der Waals surface area contributed by atoms with Crippen molar-refractivity contribution < 1.29 is 24.1 Å². The molecule has 0 spiro atoms. The molecule has 15 heavy (non-hydrogen) atoms. The maximum Gasteiger partial charge on any atom is 0.337 e. The largest absolute Gasteiger partial charge is 0.472 e. The van der Waals surface area contributed by atoms with E-state index in [1.54, 1.807) is 0 Å². The Labute approximate surface area is 85.6 Å². The molecule has 4 rings (SSSR count). The van der Waals surface area contributed by atoms with E-state index in [0.717, 1.165) is 0 Å². The molecule has 0 radical (unpaired) electrons. The first-order valence-electron chi connectivity index (χ1n) is 5.09. The van der Waals surface area contributed by atoms with Crippen LogP contribution in [0.2, 0.25) is 0 Å². The molecule has 3 fully saturated rings. The number of carbonyl (C=O) groups is 1. The third kappa shape index (κ3) is 0.765. The molecule has 5 atom stereocenters. The van der Waals surface area contributed by atoms with E-state index in [0.29, 0.717) is 12.0 Å². The molecular formula is C10H10O5. The normalized spacial score (nSPS) is 54.7. The van der Waals surface area contributed by atoms with Gasteiger partial charge in [-0.15, -0.1) is 0 Å². The van der Waals surface area contributed by atoms with Crippen molar-refractivity contribution in [2.75, 3.05) is 6.61 Å². The average Bonchev–Trinajstić information content (AvgIpc) is 2.76. The van der Waals surface area contributed by atoms with Crippen LogP contribution in [0.4, 0.5) is 0 Å². The van der Waals surface area contributed by atoms with Crippen molar-refractivity contribution in [3.63, 3.8) is 0 Å². The Bertz CT molecular complexity index is 389. The van der Waals surface area contributed by atoms with Gasteiger partial charge in [-0.05, 0) is 0 Å². The van der Waals surface area contributed by atoms with Gasteiger partial charge in [-0.25, -0.2) is 4.79 Å². The lowest BCUT2D eigenvalue weighted by Crippen LogP contribution is -2.39. The van der Waals surface area contributed by atoms with E-state index < -0.39 is 11.9 Å². The molecule has 1 saturated carbocycles. The number of rotatable bonds is 0. The summed E-state index contributed by atoms with van der Waals surface area (Å²) >= 11 is 0. The monoisotopic (exact) mass is 210 g/mol. The molecule has 5 heteroatoms. The van der Waals surface area contributed by atoms with Gasteiger partial charge < -0.3 is 19.3 Å². The summed E-state index contributed by atoms with van der Waals surface area (Å²) in [7, 11) is 0. The molecule has 1 N–H and O–H groups in total. The number of esters is 1. The third-order valence-electron chi connectivity index (χ3n) is 3.94.